The predicted molar refractivity (Wildman–Crippen MR) is 147 cm³/mol. The summed E-state index contributed by atoms with van der Waals surface area (Å²) in [6.07, 6.45) is 10.2. The zero-order valence-corrected chi connectivity index (χ0v) is 22.6. The quantitative estimate of drug-likeness (QED) is 0.269. The van der Waals surface area contributed by atoms with Crippen LogP contribution < -0.4 is 5.32 Å². The molecular formula is C30H41NO3S. The summed E-state index contributed by atoms with van der Waals surface area (Å²) in [5, 5.41) is 3.58. The summed E-state index contributed by atoms with van der Waals surface area (Å²) in [4.78, 5) is 25.5. The molecule has 2 aromatic rings. The van der Waals surface area contributed by atoms with E-state index in [1.54, 1.807) is 11.8 Å². The summed E-state index contributed by atoms with van der Waals surface area (Å²) in [7, 11) is 3.48. The van der Waals surface area contributed by atoms with Crippen molar-refractivity contribution < 1.29 is 14.3 Å². The number of benzene rings is 2. The van der Waals surface area contributed by atoms with Crippen LogP contribution >= 0.6 is 11.8 Å². The SMILES string of the molecule is CNC(Cc1ccc(C(=O)CC(CSC)CC(=O)OC)c(-c2ccccc2C)c1)C1CCCCC1. The van der Waals surface area contributed by atoms with Gasteiger partial charge in [0, 0.05) is 24.4 Å². The maximum absolute atomic E-state index is 13.6. The van der Waals surface area contributed by atoms with Gasteiger partial charge in [-0.25, -0.2) is 0 Å². The highest BCUT2D eigenvalue weighted by molar-refractivity contribution is 7.98. The van der Waals surface area contributed by atoms with Gasteiger partial charge in [-0.1, -0.05) is 61.7 Å². The van der Waals surface area contributed by atoms with E-state index in [0.29, 0.717) is 18.4 Å². The van der Waals surface area contributed by atoms with E-state index in [-0.39, 0.29) is 24.1 Å². The highest BCUT2D eigenvalue weighted by atomic mass is 32.2. The molecule has 190 valence electrons. The Morgan fingerprint density at radius 2 is 1.80 bits per heavy atom. The lowest BCUT2D eigenvalue weighted by atomic mass is 9.81. The van der Waals surface area contributed by atoms with Gasteiger partial charge in [-0.2, -0.15) is 11.8 Å². The molecule has 1 aliphatic rings. The van der Waals surface area contributed by atoms with Crippen LogP contribution in [-0.2, 0) is 16.0 Å². The standard InChI is InChI=1S/C30H41NO3S/c1-21-10-8-9-13-25(21)27-16-22(17-28(31-2)24-11-6-5-7-12-24)14-15-26(27)29(32)18-23(20-35-4)19-30(33)34-3/h8-10,13-16,23-24,28,31H,5-7,11-12,17-20H2,1-4H3. The molecule has 0 amide bonds. The number of nitrogens with one attached hydrogen (secondary N) is 1. The van der Waals surface area contributed by atoms with Gasteiger partial charge in [0.15, 0.2) is 5.78 Å². The molecule has 0 saturated heterocycles. The van der Waals surface area contributed by atoms with Crippen molar-refractivity contribution in [2.45, 2.75) is 64.3 Å². The highest BCUT2D eigenvalue weighted by Crippen LogP contribution is 2.32. The van der Waals surface area contributed by atoms with E-state index >= 15 is 0 Å². The number of aryl methyl sites for hydroxylation is 1. The van der Waals surface area contributed by atoms with Crippen LogP contribution in [-0.4, -0.2) is 44.0 Å². The van der Waals surface area contributed by atoms with Gasteiger partial charge in [0.25, 0.3) is 0 Å². The third-order valence-electron chi connectivity index (χ3n) is 7.42. The molecule has 0 aromatic heterocycles. The zero-order valence-electron chi connectivity index (χ0n) is 21.8. The summed E-state index contributed by atoms with van der Waals surface area (Å²) in [6, 6.07) is 15.1. The van der Waals surface area contributed by atoms with Gasteiger partial charge >= 0.3 is 5.97 Å². The van der Waals surface area contributed by atoms with Gasteiger partial charge in [-0.15, -0.1) is 0 Å². The summed E-state index contributed by atoms with van der Waals surface area (Å²) >= 11 is 1.66. The number of methoxy groups -OCH3 is 1. The van der Waals surface area contributed by atoms with E-state index in [1.807, 2.05) is 24.5 Å². The Morgan fingerprint density at radius 1 is 1.06 bits per heavy atom. The number of rotatable bonds is 12. The van der Waals surface area contributed by atoms with Crippen LogP contribution in [0.5, 0.6) is 0 Å². The Kier molecular flexibility index (Phi) is 10.9. The van der Waals surface area contributed by atoms with Crippen LogP contribution in [0.2, 0.25) is 0 Å². The van der Waals surface area contributed by atoms with E-state index in [2.05, 4.69) is 43.6 Å². The molecule has 0 aliphatic heterocycles. The maximum Gasteiger partial charge on any atom is 0.305 e. The molecule has 0 radical (unpaired) electrons. The molecule has 5 heteroatoms. The van der Waals surface area contributed by atoms with Crippen LogP contribution in [0.3, 0.4) is 0 Å². The van der Waals surface area contributed by atoms with Crippen molar-refractivity contribution in [2.75, 3.05) is 26.2 Å². The van der Waals surface area contributed by atoms with Crippen molar-refractivity contribution in [1.82, 2.24) is 5.32 Å². The number of hydrogen-bond acceptors (Lipinski definition) is 5. The van der Waals surface area contributed by atoms with E-state index in [4.69, 9.17) is 4.74 Å². The molecular weight excluding hydrogens is 454 g/mol. The molecule has 0 bridgehead atoms. The summed E-state index contributed by atoms with van der Waals surface area (Å²) in [6.45, 7) is 2.10. The Labute approximate surface area is 215 Å². The molecule has 3 rings (SSSR count). The van der Waals surface area contributed by atoms with Crippen LogP contribution in [0.15, 0.2) is 42.5 Å². The molecule has 1 fully saturated rings. The molecule has 0 heterocycles. The maximum atomic E-state index is 13.6. The van der Waals surface area contributed by atoms with Crippen molar-refractivity contribution in [3.05, 3.63) is 59.2 Å². The van der Waals surface area contributed by atoms with Crippen molar-refractivity contribution in [1.29, 1.82) is 0 Å². The van der Waals surface area contributed by atoms with Gasteiger partial charge in [0.2, 0.25) is 0 Å². The number of esters is 1. The van der Waals surface area contributed by atoms with Crippen molar-refractivity contribution in [2.24, 2.45) is 11.8 Å². The predicted octanol–water partition coefficient (Wildman–Crippen LogP) is 6.49. The highest BCUT2D eigenvalue weighted by Gasteiger charge is 2.25. The third kappa shape index (κ3) is 7.68. The summed E-state index contributed by atoms with van der Waals surface area (Å²) < 4.78 is 4.87. The molecule has 1 aliphatic carbocycles. The fourth-order valence-electron chi connectivity index (χ4n) is 5.47. The monoisotopic (exact) mass is 495 g/mol. The molecule has 4 nitrogen and oxygen atoms in total. The Hall–Kier alpha value is -2.11. The van der Waals surface area contributed by atoms with Crippen LogP contribution in [0.25, 0.3) is 11.1 Å². The molecule has 1 saturated carbocycles. The van der Waals surface area contributed by atoms with E-state index in [0.717, 1.165) is 34.4 Å². The molecule has 0 spiro atoms. The minimum atomic E-state index is -0.257. The first-order valence-corrected chi connectivity index (χ1v) is 14.3. The first kappa shape index (κ1) is 27.5. The normalized spacial score (nSPS) is 16.0. The van der Waals surface area contributed by atoms with Crippen LogP contribution in [0.1, 0.15) is 66.4 Å². The van der Waals surface area contributed by atoms with Crippen LogP contribution in [0.4, 0.5) is 0 Å². The van der Waals surface area contributed by atoms with Gasteiger partial charge in [-0.3, -0.25) is 9.59 Å². The summed E-state index contributed by atoms with van der Waals surface area (Å²) in [5.41, 5.74) is 5.28. The second-order valence-electron chi connectivity index (χ2n) is 9.92. The number of carbonyl (C=O) groups excluding carboxylic acids is 2. The number of likely N-dealkylation sites (N-methyl/N-ethyl adjacent to an activating group) is 1. The largest absolute Gasteiger partial charge is 0.469 e. The fraction of sp³-hybridized carbons (Fsp3) is 0.533. The zero-order chi connectivity index (χ0) is 25.2. The number of carbonyl (C=O) groups is 2. The summed E-state index contributed by atoms with van der Waals surface area (Å²) in [5.74, 6) is 1.27. The van der Waals surface area contributed by atoms with Crippen molar-refractivity contribution in [3.63, 3.8) is 0 Å². The molecule has 2 atom stereocenters. The number of thioether (sulfide) groups is 1. The second kappa shape index (κ2) is 13.8. The molecule has 1 N–H and O–H groups in total. The smallest absolute Gasteiger partial charge is 0.305 e. The first-order chi connectivity index (χ1) is 17.0. The molecule has 2 unspecified atom stereocenters. The van der Waals surface area contributed by atoms with E-state index in [9.17, 15) is 9.59 Å². The number of hydrogen-bond donors (Lipinski definition) is 1. The van der Waals surface area contributed by atoms with Crippen molar-refractivity contribution in [3.8, 4) is 11.1 Å². The van der Waals surface area contributed by atoms with Gasteiger partial charge in [0.05, 0.1) is 7.11 Å². The Bertz CT molecular complexity index is 983. The first-order valence-electron chi connectivity index (χ1n) is 12.9. The van der Waals surface area contributed by atoms with Gasteiger partial charge in [-0.05, 0) is 79.3 Å². The molecule has 2 aromatic carbocycles. The Balaban J connectivity index is 1.91. The second-order valence-corrected chi connectivity index (χ2v) is 10.8. The number of Topliss-reactive ketones (excluding diaryl/α,β-unsaturated/α-hetero) is 1. The average Bonchev–Trinajstić information content (AvgIpc) is 2.88. The average molecular weight is 496 g/mol. The fourth-order valence-corrected chi connectivity index (χ4v) is 6.18. The van der Waals surface area contributed by atoms with Gasteiger partial charge in [0.1, 0.15) is 0 Å². The lowest BCUT2D eigenvalue weighted by Gasteiger charge is -2.30. The van der Waals surface area contributed by atoms with Crippen molar-refractivity contribution >= 4 is 23.5 Å². The lowest BCUT2D eigenvalue weighted by molar-refractivity contribution is -0.141. The minimum absolute atomic E-state index is 0.0330. The number of ketones is 1. The minimum Gasteiger partial charge on any atom is -0.469 e. The Morgan fingerprint density at radius 3 is 2.46 bits per heavy atom. The molecule has 35 heavy (non-hydrogen) atoms. The third-order valence-corrected chi connectivity index (χ3v) is 8.23. The van der Waals surface area contributed by atoms with E-state index in [1.165, 1.54) is 44.8 Å². The topological polar surface area (TPSA) is 55.4 Å². The van der Waals surface area contributed by atoms with E-state index < -0.39 is 0 Å². The van der Waals surface area contributed by atoms with Gasteiger partial charge < -0.3 is 10.1 Å². The number of ether oxygens (including phenoxy) is 1. The lowest BCUT2D eigenvalue weighted by Crippen LogP contribution is -2.36. The van der Waals surface area contributed by atoms with Crippen LogP contribution in [0, 0.1) is 18.8 Å².